The number of nitrogens with zero attached hydrogens (tertiary/aromatic N) is 3. The summed E-state index contributed by atoms with van der Waals surface area (Å²) in [5, 5.41) is 6.74. The first-order valence-electron chi connectivity index (χ1n) is 9.61. The average molecular weight is 460 g/mol. The van der Waals surface area contributed by atoms with Gasteiger partial charge in [-0.3, -0.25) is 4.79 Å². The van der Waals surface area contributed by atoms with Crippen LogP contribution in [0, 0.1) is 12.7 Å². The summed E-state index contributed by atoms with van der Waals surface area (Å²) < 4.78 is 24.1. The third-order valence-corrected chi connectivity index (χ3v) is 4.71. The Balaban J connectivity index is 0.00000176. The Morgan fingerprint density at radius 2 is 1.97 bits per heavy atom. The second kappa shape index (κ2) is 11.8. The van der Waals surface area contributed by atoms with E-state index in [2.05, 4.69) is 37.5 Å². The molecule has 0 unspecified atom stereocenters. The van der Waals surface area contributed by atoms with Gasteiger partial charge in [0.05, 0.1) is 23.4 Å². The summed E-state index contributed by atoms with van der Waals surface area (Å²) in [4.78, 5) is 27.8. The monoisotopic (exact) mass is 459 g/mol. The quantitative estimate of drug-likeness (QED) is 0.520. The van der Waals surface area contributed by atoms with Gasteiger partial charge in [-0.15, -0.1) is 10.7 Å². The van der Waals surface area contributed by atoms with Gasteiger partial charge in [-0.25, -0.2) is 18.7 Å². The van der Waals surface area contributed by atoms with Gasteiger partial charge in [0, 0.05) is 18.4 Å². The van der Waals surface area contributed by atoms with Crippen molar-refractivity contribution in [2.24, 2.45) is 4.36 Å². The molecule has 0 radical (unpaired) electrons. The lowest BCUT2D eigenvalue weighted by Crippen LogP contribution is -2.25. The van der Waals surface area contributed by atoms with Gasteiger partial charge in [-0.2, -0.15) is 0 Å². The fourth-order valence-electron chi connectivity index (χ4n) is 2.97. The third kappa shape index (κ3) is 6.81. The summed E-state index contributed by atoms with van der Waals surface area (Å²) in [7, 11) is -0.0795. The molecular formula is C22H26FN5O3S. The first-order valence-corrected chi connectivity index (χ1v) is 11.6. The van der Waals surface area contributed by atoms with Gasteiger partial charge in [0.2, 0.25) is 5.91 Å². The number of aryl methyl sites for hydroxylation is 1. The fraction of sp³-hybridized carbons (Fsp3) is 0.273. The molecule has 0 atom stereocenters. The van der Waals surface area contributed by atoms with E-state index < -0.39 is 5.82 Å². The molecule has 0 fully saturated rings. The number of nitrogens with one attached hydrogen (secondary N) is 2. The van der Waals surface area contributed by atoms with E-state index >= 15 is 0 Å². The number of hydrogen-bond acceptors (Lipinski definition) is 7. The number of carbonyl (C=O) groups excluding carboxylic acids is 2. The topological polar surface area (TPSA) is 106 Å². The number of hydrogen-bond donors (Lipinski definition) is 2. The summed E-state index contributed by atoms with van der Waals surface area (Å²) in [5.41, 5.74) is 3.19. The van der Waals surface area contributed by atoms with Gasteiger partial charge < -0.3 is 20.2 Å². The molecule has 3 aromatic rings. The number of anilines is 2. The predicted octanol–water partition coefficient (Wildman–Crippen LogP) is 3.84. The van der Waals surface area contributed by atoms with Gasteiger partial charge >= 0.3 is 0 Å². The molecular weight excluding hydrogens is 433 g/mol. The van der Waals surface area contributed by atoms with Gasteiger partial charge in [0.1, 0.15) is 37.1 Å². The van der Waals surface area contributed by atoms with E-state index in [1.165, 1.54) is 25.4 Å². The fourth-order valence-corrected chi connectivity index (χ4v) is 3.49. The minimum absolute atomic E-state index is 0.0795. The second-order valence-electron chi connectivity index (χ2n) is 6.84. The van der Waals surface area contributed by atoms with Crippen molar-refractivity contribution in [3.63, 3.8) is 0 Å². The number of fused-ring (bicyclic) bond motifs is 1. The molecule has 8 nitrogen and oxygen atoms in total. The van der Waals surface area contributed by atoms with Crippen LogP contribution in [-0.4, -0.2) is 48.3 Å². The zero-order valence-corrected chi connectivity index (χ0v) is 19.3. The Kier molecular flexibility index (Phi) is 9.21. The number of aromatic nitrogens is 2. The number of ether oxygens (including phenoxy) is 1. The number of rotatable bonds is 7. The molecule has 170 valence electrons. The molecule has 1 aromatic heterocycles. The first kappa shape index (κ1) is 24.9. The maximum Gasteiger partial charge on any atom is 0.216 e. The van der Waals surface area contributed by atoms with Crippen LogP contribution in [0.15, 0.2) is 41.0 Å². The number of halogens is 1. The van der Waals surface area contributed by atoms with Crippen molar-refractivity contribution in [1.82, 2.24) is 15.3 Å². The SMILES string of the molecule is C=O.CC(=O)NCCOc1cc(F)ccc1Nc1ncnc2cc(N=S(C)C)cc(C)c12. The zero-order chi connectivity index (χ0) is 23.7. The highest BCUT2D eigenvalue weighted by molar-refractivity contribution is 7.85. The number of carbonyl (C=O) groups is 2. The molecule has 10 heteroatoms. The van der Waals surface area contributed by atoms with E-state index in [0.29, 0.717) is 23.8 Å². The van der Waals surface area contributed by atoms with Crippen LogP contribution in [0.4, 0.5) is 21.6 Å². The van der Waals surface area contributed by atoms with Crippen molar-refractivity contribution in [3.05, 3.63) is 48.0 Å². The van der Waals surface area contributed by atoms with Crippen molar-refractivity contribution >= 4 is 51.5 Å². The summed E-state index contributed by atoms with van der Waals surface area (Å²) in [6.07, 6.45) is 5.58. The number of benzene rings is 2. The van der Waals surface area contributed by atoms with Crippen molar-refractivity contribution in [3.8, 4) is 5.75 Å². The van der Waals surface area contributed by atoms with Crippen LogP contribution in [0.5, 0.6) is 5.75 Å². The van der Waals surface area contributed by atoms with Crippen LogP contribution >= 0.6 is 0 Å². The van der Waals surface area contributed by atoms with Gasteiger partial charge in [-0.1, -0.05) is 0 Å². The molecule has 3 rings (SSSR count). The second-order valence-corrected chi connectivity index (χ2v) is 8.57. The molecule has 2 aromatic carbocycles. The van der Waals surface area contributed by atoms with E-state index in [-0.39, 0.29) is 23.2 Å². The smallest absolute Gasteiger partial charge is 0.216 e. The summed E-state index contributed by atoms with van der Waals surface area (Å²) in [6.45, 7) is 5.94. The van der Waals surface area contributed by atoms with Crippen LogP contribution in [0.3, 0.4) is 0 Å². The molecule has 0 aliphatic carbocycles. The third-order valence-electron chi connectivity index (χ3n) is 4.14. The van der Waals surface area contributed by atoms with E-state index in [1.54, 1.807) is 6.07 Å². The van der Waals surface area contributed by atoms with Crippen LogP contribution in [0.1, 0.15) is 12.5 Å². The van der Waals surface area contributed by atoms with Gasteiger partial charge in [0.15, 0.2) is 0 Å². The van der Waals surface area contributed by atoms with E-state index in [1.807, 2.05) is 25.8 Å². The van der Waals surface area contributed by atoms with Crippen LogP contribution in [0.2, 0.25) is 0 Å². The van der Waals surface area contributed by atoms with Gasteiger partial charge in [0.25, 0.3) is 0 Å². The molecule has 0 saturated carbocycles. The van der Waals surface area contributed by atoms with E-state index in [0.717, 1.165) is 22.2 Å². The number of amides is 1. The molecule has 0 aliphatic heterocycles. The molecule has 1 heterocycles. The van der Waals surface area contributed by atoms with Crippen LogP contribution in [0.25, 0.3) is 10.9 Å². The van der Waals surface area contributed by atoms with Crippen molar-refractivity contribution < 1.29 is 18.7 Å². The maximum atomic E-state index is 13.8. The average Bonchev–Trinajstić information content (AvgIpc) is 2.73. The lowest BCUT2D eigenvalue weighted by molar-refractivity contribution is -0.119. The molecule has 0 saturated heterocycles. The highest BCUT2D eigenvalue weighted by atomic mass is 32.2. The van der Waals surface area contributed by atoms with Gasteiger partial charge in [-0.05, 0) is 49.3 Å². The molecule has 0 spiro atoms. The Hall–Kier alpha value is -3.40. The minimum Gasteiger partial charge on any atom is -0.489 e. The zero-order valence-electron chi connectivity index (χ0n) is 18.4. The standard InChI is InChI=1S/C21H24FN5O2S.CH2O/c1-13-9-16(27-30(3)4)11-18-20(13)21(25-12-24-18)26-17-6-5-15(22)10-19(17)29-8-7-23-14(2)28;1-2/h5-6,9-12H,7-8H2,1-4H3,(H,23,28)(H,24,25,26);1H2. The summed E-state index contributed by atoms with van der Waals surface area (Å²) in [6, 6.07) is 8.17. The predicted molar refractivity (Wildman–Crippen MR) is 127 cm³/mol. The summed E-state index contributed by atoms with van der Waals surface area (Å²) in [5.74, 6) is 0.356. The lowest BCUT2D eigenvalue weighted by Gasteiger charge is -2.15. The molecule has 1 amide bonds. The highest BCUT2D eigenvalue weighted by Crippen LogP contribution is 2.33. The van der Waals surface area contributed by atoms with E-state index in [4.69, 9.17) is 9.53 Å². The largest absolute Gasteiger partial charge is 0.489 e. The van der Waals surface area contributed by atoms with Crippen LogP contribution in [-0.2, 0) is 20.3 Å². The molecule has 0 aliphatic rings. The Morgan fingerprint density at radius 1 is 1.22 bits per heavy atom. The molecule has 0 bridgehead atoms. The molecule has 2 N–H and O–H groups in total. The minimum atomic E-state index is -0.417. The lowest BCUT2D eigenvalue weighted by atomic mass is 10.1. The highest BCUT2D eigenvalue weighted by Gasteiger charge is 2.12. The summed E-state index contributed by atoms with van der Waals surface area (Å²) >= 11 is 0. The Labute approximate surface area is 188 Å². The van der Waals surface area contributed by atoms with E-state index in [9.17, 15) is 9.18 Å². The van der Waals surface area contributed by atoms with Crippen molar-refractivity contribution in [2.45, 2.75) is 13.8 Å². The normalized spacial score (nSPS) is 10.3. The Morgan fingerprint density at radius 3 is 2.66 bits per heavy atom. The maximum absolute atomic E-state index is 13.8. The van der Waals surface area contributed by atoms with Crippen molar-refractivity contribution in [1.29, 1.82) is 0 Å². The van der Waals surface area contributed by atoms with Crippen molar-refractivity contribution in [2.75, 3.05) is 31.0 Å². The molecule has 32 heavy (non-hydrogen) atoms. The first-order chi connectivity index (χ1) is 15.3. The van der Waals surface area contributed by atoms with Crippen LogP contribution < -0.4 is 15.4 Å². The Bertz CT molecular complexity index is 1140.